The third-order valence-electron chi connectivity index (χ3n) is 6.27. The van der Waals surface area contributed by atoms with Crippen molar-refractivity contribution in [2.45, 2.75) is 30.1 Å². The minimum atomic E-state index is -3.31. The Morgan fingerprint density at radius 1 is 1.08 bits per heavy atom. The standard InChI is InChI=1S/C26H24F2N2O5S/c1-36(32,33)18-9-6-16(7-10-18)17-8-11-20-22(14-17)30-21(15-24(25(30)29-20)34-13-12-31)19-4-2-3-5-23(19)35-26(27)28/h2-11,14,21,24,26,31H,12-13,15H2,1H3/t21-,24-/m1/s1. The molecule has 1 aliphatic rings. The fourth-order valence-corrected chi connectivity index (χ4v) is 5.35. The van der Waals surface area contributed by atoms with Crippen LogP contribution in [0.5, 0.6) is 5.75 Å². The molecule has 5 rings (SSSR count). The molecule has 0 radical (unpaired) electrons. The molecule has 4 aromatic rings. The van der Waals surface area contributed by atoms with Crippen LogP contribution in [0.25, 0.3) is 22.2 Å². The van der Waals surface area contributed by atoms with Crippen molar-refractivity contribution in [3.8, 4) is 16.9 Å². The van der Waals surface area contributed by atoms with Crippen LogP contribution in [0, 0.1) is 0 Å². The highest BCUT2D eigenvalue weighted by molar-refractivity contribution is 7.90. The molecule has 1 aromatic heterocycles. The third kappa shape index (κ3) is 4.59. The Morgan fingerprint density at radius 3 is 2.50 bits per heavy atom. The van der Waals surface area contributed by atoms with E-state index in [4.69, 9.17) is 14.5 Å². The van der Waals surface area contributed by atoms with Crippen molar-refractivity contribution in [3.63, 3.8) is 0 Å². The number of imidazole rings is 1. The van der Waals surface area contributed by atoms with Crippen LogP contribution < -0.4 is 4.74 Å². The topological polar surface area (TPSA) is 90.7 Å². The molecular formula is C26H24F2N2O5S. The molecule has 0 saturated carbocycles. The van der Waals surface area contributed by atoms with Crippen molar-refractivity contribution in [2.75, 3.05) is 19.5 Å². The highest BCUT2D eigenvalue weighted by atomic mass is 32.2. The van der Waals surface area contributed by atoms with E-state index in [0.29, 0.717) is 23.3 Å². The minimum absolute atomic E-state index is 0.0839. The van der Waals surface area contributed by atoms with Gasteiger partial charge in [0, 0.05) is 18.2 Å². The van der Waals surface area contributed by atoms with Crippen LogP contribution >= 0.6 is 0 Å². The number of aliphatic hydroxyl groups is 1. The molecule has 0 unspecified atom stereocenters. The van der Waals surface area contributed by atoms with E-state index in [1.807, 2.05) is 22.8 Å². The highest BCUT2D eigenvalue weighted by Gasteiger charge is 2.37. The maximum atomic E-state index is 13.1. The molecule has 7 nitrogen and oxygen atoms in total. The summed E-state index contributed by atoms with van der Waals surface area (Å²) in [7, 11) is -3.31. The molecule has 10 heteroatoms. The van der Waals surface area contributed by atoms with Gasteiger partial charge in [0.15, 0.2) is 9.84 Å². The van der Waals surface area contributed by atoms with Crippen molar-refractivity contribution in [2.24, 2.45) is 0 Å². The first-order valence-corrected chi connectivity index (χ1v) is 13.2. The van der Waals surface area contributed by atoms with Gasteiger partial charge in [-0.1, -0.05) is 36.4 Å². The van der Waals surface area contributed by atoms with E-state index >= 15 is 0 Å². The summed E-state index contributed by atoms with van der Waals surface area (Å²) in [4.78, 5) is 5.00. The van der Waals surface area contributed by atoms with Gasteiger partial charge in [0.2, 0.25) is 0 Å². The van der Waals surface area contributed by atoms with Gasteiger partial charge in [-0.25, -0.2) is 13.4 Å². The summed E-state index contributed by atoms with van der Waals surface area (Å²) in [6.07, 6.45) is 1.16. The van der Waals surface area contributed by atoms with Gasteiger partial charge in [-0.3, -0.25) is 0 Å². The van der Waals surface area contributed by atoms with Crippen molar-refractivity contribution < 1.29 is 31.8 Å². The molecule has 0 saturated heterocycles. The summed E-state index contributed by atoms with van der Waals surface area (Å²) in [5, 5.41) is 9.28. The largest absolute Gasteiger partial charge is 0.434 e. The number of nitrogens with zero attached hydrogens (tertiary/aromatic N) is 2. The number of aromatic nitrogens is 2. The second-order valence-electron chi connectivity index (χ2n) is 8.59. The average molecular weight is 515 g/mol. The van der Waals surface area contributed by atoms with Crippen molar-refractivity contribution >= 4 is 20.9 Å². The summed E-state index contributed by atoms with van der Waals surface area (Å²) in [5.74, 6) is 0.723. The average Bonchev–Trinajstić information content (AvgIpc) is 3.39. The number of aliphatic hydroxyl groups excluding tert-OH is 1. The maximum absolute atomic E-state index is 13.1. The first-order valence-electron chi connectivity index (χ1n) is 11.3. The summed E-state index contributed by atoms with van der Waals surface area (Å²) < 4.78 is 62.6. The number of alkyl halides is 2. The van der Waals surface area contributed by atoms with Crippen LogP contribution in [0.15, 0.2) is 71.6 Å². The molecule has 1 aliphatic heterocycles. The Balaban J connectivity index is 1.62. The Kier molecular flexibility index (Phi) is 6.50. The van der Waals surface area contributed by atoms with Crippen LogP contribution in [-0.4, -0.2) is 49.2 Å². The van der Waals surface area contributed by atoms with Gasteiger partial charge in [-0.15, -0.1) is 0 Å². The number of benzene rings is 3. The fraction of sp³-hybridized carbons (Fsp3) is 0.269. The highest BCUT2D eigenvalue weighted by Crippen LogP contribution is 2.46. The van der Waals surface area contributed by atoms with E-state index < -0.39 is 22.6 Å². The smallest absolute Gasteiger partial charge is 0.387 e. The lowest BCUT2D eigenvalue weighted by molar-refractivity contribution is -0.0507. The van der Waals surface area contributed by atoms with Crippen LogP contribution in [-0.2, 0) is 14.6 Å². The zero-order valence-electron chi connectivity index (χ0n) is 19.3. The van der Waals surface area contributed by atoms with Gasteiger partial charge in [0.1, 0.15) is 17.7 Å². The molecule has 2 atom stereocenters. The molecule has 3 aromatic carbocycles. The van der Waals surface area contributed by atoms with Crippen molar-refractivity contribution in [3.05, 3.63) is 78.1 Å². The Labute approximate surface area is 206 Å². The van der Waals surface area contributed by atoms with E-state index in [1.165, 1.54) is 6.07 Å². The number of hydrogen-bond donors (Lipinski definition) is 1. The van der Waals surface area contributed by atoms with Gasteiger partial charge in [0.25, 0.3) is 0 Å². The Hall–Kier alpha value is -3.34. The normalized spacial score (nSPS) is 17.6. The summed E-state index contributed by atoms with van der Waals surface area (Å²) in [6.45, 7) is -3.00. The second-order valence-corrected chi connectivity index (χ2v) is 10.6. The summed E-state index contributed by atoms with van der Waals surface area (Å²) in [6, 6.07) is 18.6. The predicted molar refractivity (Wildman–Crippen MR) is 130 cm³/mol. The quantitative estimate of drug-likeness (QED) is 0.365. The lowest BCUT2D eigenvalue weighted by Gasteiger charge is -2.19. The Bertz CT molecular complexity index is 1500. The molecule has 0 amide bonds. The molecule has 0 aliphatic carbocycles. The number of ether oxygens (including phenoxy) is 2. The number of halogens is 2. The first kappa shape index (κ1) is 24.4. The van der Waals surface area contributed by atoms with Crippen LogP contribution in [0.3, 0.4) is 0 Å². The van der Waals surface area contributed by atoms with Crippen LogP contribution in [0.4, 0.5) is 8.78 Å². The van der Waals surface area contributed by atoms with E-state index in [9.17, 15) is 22.3 Å². The minimum Gasteiger partial charge on any atom is -0.434 e. The van der Waals surface area contributed by atoms with E-state index in [1.54, 1.807) is 42.5 Å². The molecule has 0 spiro atoms. The zero-order valence-corrected chi connectivity index (χ0v) is 20.2. The lowest BCUT2D eigenvalue weighted by Crippen LogP contribution is -2.10. The number of fused-ring (bicyclic) bond motifs is 3. The Morgan fingerprint density at radius 2 is 1.81 bits per heavy atom. The second kappa shape index (κ2) is 9.61. The van der Waals surface area contributed by atoms with Crippen molar-refractivity contribution in [1.82, 2.24) is 9.55 Å². The van der Waals surface area contributed by atoms with Gasteiger partial charge < -0.3 is 19.1 Å². The third-order valence-corrected chi connectivity index (χ3v) is 7.40. The van der Waals surface area contributed by atoms with Crippen LogP contribution in [0.1, 0.15) is 30.0 Å². The molecule has 2 heterocycles. The van der Waals surface area contributed by atoms with Crippen molar-refractivity contribution in [1.29, 1.82) is 0 Å². The molecular weight excluding hydrogens is 490 g/mol. The first-order chi connectivity index (χ1) is 17.3. The maximum Gasteiger partial charge on any atom is 0.387 e. The van der Waals surface area contributed by atoms with Gasteiger partial charge >= 0.3 is 6.61 Å². The monoisotopic (exact) mass is 514 g/mol. The molecule has 1 N–H and O–H groups in total. The van der Waals surface area contributed by atoms with Gasteiger partial charge in [-0.05, 0) is 41.5 Å². The molecule has 0 fully saturated rings. The molecule has 0 bridgehead atoms. The number of sulfone groups is 1. The van der Waals surface area contributed by atoms with E-state index in [2.05, 4.69) is 0 Å². The number of hydrogen-bond acceptors (Lipinski definition) is 6. The zero-order chi connectivity index (χ0) is 25.4. The van der Waals surface area contributed by atoms with E-state index in [0.717, 1.165) is 22.9 Å². The predicted octanol–water partition coefficient (Wildman–Crippen LogP) is 4.75. The van der Waals surface area contributed by atoms with E-state index in [-0.39, 0.29) is 29.9 Å². The summed E-state index contributed by atoms with van der Waals surface area (Å²) >= 11 is 0. The van der Waals surface area contributed by atoms with Gasteiger partial charge in [-0.2, -0.15) is 8.78 Å². The van der Waals surface area contributed by atoms with Crippen LogP contribution in [0.2, 0.25) is 0 Å². The fourth-order valence-electron chi connectivity index (χ4n) is 4.72. The summed E-state index contributed by atoms with van der Waals surface area (Å²) in [5.41, 5.74) is 3.74. The van der Waals surface area contributed by atoms with Gasteiger partial charge in [0.05, 0.1) is 35.2 Å². The molecule has 188 valence electrons. The molecule has 36 heavy (non-hydrogen) atoms. The number of para-hydroxylation sites is 1. The lowest BCUT2D eigenvalue weighted by atomic mass is 10.0. The number of rotatable bonds is 8. The SMILES string of the molecule is CS(=O)(=O)c1ccc(-c2ccc3nc4n(c3c2)[C@@H](c2ccccc2OC(F)F)C[C@H]4OCCO)cc1.